The molecule has 0 heterocycles. The minimum absolute atomic E-state index is 0.188. The zero-order valence-corrected chi connectivity index (χ0v) is 22.3. The maximum atomic E-state index is 9.13. The minimum atomic E-state index is -1.16. The molecule has 0 saturated heterocycles. The van der Waals surface area contributed by atoms with Gasteiger partial charge in [0.2, 0.25) is 0 Å². The maximum Gasteiger partial charge on any atom is 0.451 e. The van der Waals surface area contributed by atoms with E-state index < -0.39 is 15.2 Å². The smallest absolute Gasteiger partial charge is 0.427 e. The Bertz CT molecular complexity index is 551. The Kier molecular flexibility index (Phi) is 13.3. The van der Waals surface area contributed by atoms with Crippen molar-refractivity contribution >= 4 is 38.1 Å². The largest absolute Gasteiger partial charge is 0.451 e. The molecule has 3 N–H and O–H groups in total. The van der Waals surface area contributed by atoms with Crippen LogP contribution in [-0.4, -0.2) is 30.8 Å². The van der Waals surface area contributed by atoms with Gasteiger partial charge >= 0.3 is 7.12 Å². The normalized spacial score (nSPS) is 14.0. The summed E-state index contributed by atoms with van der Waals surface area (Å²) in [6, 6.07) is 10.3. The topological polar surface area (TPSA) is 52.5 Å². The van der Waals surface area contributed by atoms with Crippen LogP contribution in [0, 0.1) is 6.92 Å². The molecule has 0 aliphatic heterocycles. The fourth-order valence-corrected chi connectivity index (χ4v) is 6.09. The van der Waals surface area contributed by atoms with Crippen LogP contribution in [0.5, 0.6) is 0 Å². The number of unbranched alkanes of at least 4 members (excludes halogenated alkanes) is 3. The van der Waals surface area contributed by atoms with E-state index in [0.29, 0.717) is 6.32 Å². The highest BCUT2D eigenvalue weighted by atomic mass is 127. The Morgan fingerprint density at radius 3 is 1.97 bits per heavy atom. The molecule has 0 bridgehead atoms. The molecule has 0 aromatic heterocycles. The summed E-state index contributed by atoms with van der Waals surface area (Å²) >= 11 is 2.36. The van der Waals surface area contributed by atoms with Crippen LogP contribution in [0.2, 0.25) is 32.0 Å². The molecule has 1 atom stereocenters. The SMILES string of the molecule is Cc1ccc(CCCCC(CCCCB(O)O)(CCCC[Si](C)(C)C)NI)cc1. The fourth-order valence-electron chi connectivity index (χ4n) is 3.97. The summed E-state index contributed by atoms with van der Waals surface area (Å²) in [7, 11) is -2.12. The van der Waals surface area contributed by atoms with Crippen molar-refractivity contribution in [3.63, 3.8) is 0 Å². The Hall–Kier alpha value is 0.112. The lowest BCUT2D eigenvalue weighted by atomic mass is 9.79. The van der Waals surface area contributed by atoms with Crippen LogP contribution in [0.15, 0.2) is 24.3 Å². The van der Waals surface area contributed by atoms with Crippen LogP contribution in [0.3, 0.4) is 0 Å². The van der Waals surface area contributed by atoms with Crippen LogP contribution in [-0.2, 0) is 6.42 Å². The molecule has 1 aromatic carbocycles. The number of halogens is 1. The van der Waals surface area contributed by atoms with Gasteiger partial charge in [-0.05, 0) is 50.9 Å². The summed E-state index contributed by atoms with van der Waals surface area (Å²) in [5.41, 5.74) is 2.96. The van der Waals surface area contributed by atoms with E-state index in [4.69, 9.17) is 10.0 Å². The zero-order valence-electron chi connectivity index (χ0n) is 19.1. The van der Waals surface area contributed by atoms with Crippen molar-refractivity contribution in [2.24, 2.45) is 0 Å². The standard InChI is InChI=1S/C23H43BINO2Si/c1-21-12-14-22(15-13-21)11-5-6-16-23(26-25,17-7-9-19-24(27)28)18-8-10-20-29(2,3)4/h12-15,26-28H,5-11,16-20H2,1-4H3. The Morgan fingerprint density at radius 2 is 1.45 bits per heavy atom. The number of aryl methyl sites for hydroxylation is 2. The predicted molar refractivity (Wildman–Crippen MR) is 139 cm³/mol. The van der Waals surface area contributed by atoms with Gasteiger partial charge < -0.3 is 10.0 Å². The lowest BCUT2D eigenvalue weighted by Crippen LogP contribution is -2.39. The fraction of sp³-hybridized carbons (Fsp3) is 0.739. The number of nitrogens with one attached hydrogen (secondary N) is 1. The second kappa shape index (κ2) is 14.2. The minimum Gasteiger partial charge on any atom is -0.427 e. The first kappa shape index (κ1) is 27.1. The van der Waals surface area contributed by atoms with E-state index in [0.717, 1.165) is 25.7 Å². The van der Waals surface area contributed by atoms with Crippen molar-refractivity contribution in [2.45, 2.75) is 109 Å². The zero-order chi connectivity index (χ0) is 21.8. The number of hydrogen-bond acceptors (Lipinski definition) is 3. The van der Waals surface area contributed by atoms with Crippen LogP contribution >= 0.6 is 22.9 Å². The molecule has 29 heavy (non-hydrogen) atoms. The molecule has 0 saturated carbocycles. The van der Waals surface area contributed by atoms with Crippen molar-refractivity contribution in [3.8, 4) is 0 Å². The van der Waals surface area contributed by atoms with Crippen molar-refractivity contribution in [1.82, 2.24) is 3.53 Å². The predicted octanol–water partition coefficient (Wildman–Crippen LogP) is 6.54. The first-order chi connectivity index (χ1) is 13.7. The monoisotopic (exact) mass is 531 g/mol. The van der Waals surface area contributed by atoms with Gasteiger partial charge in [0, 0.05) is 36.5 Å². The van der Waals surface area contributed by atoms with E-state index >= 15 is 0 Å². The summed E-state index contributed by atoms with van der Waals surface area (Å²) in [6.45, 7) is 9.52. The molecule has 0 amide bonds. The molecule has 0 fully saturated rings. The van der Waals surface area contributed by atoms with Crippen molar-refractivity contribution in [3.05, 3.63) is 35.4 Å². The van der Waals surface area contributed by atoms with E-state index in [1.165, 1.54) is 55.7 Å². The van der Waals surface area contributed by atoms with Gasteiger partial charge in [-0.15, -0.1) is 0 Å². The summed E-state index contributed by atoms with van der Waals surface area (Å²) in [6.07, 6.45) is 12.2. The summed E-state index contributed by atoms with van der Waals surface area (Å²) in [5, 5.41) is 18.3. The summed E-state index contributed by atoms with van der Waals surface area (Å²) in [4.78, 5) is 0. The van der Waals surface area contributed by atoms with Crippen LogP contribution in [0.4, 0.5) is 0 Å². The average Bonchev–Trinajstić information content (AvgIpc) is 2.65. The van der Waals surface area contributed by atoms with Gasteiger partial charge in [0.25, 0.3) is 0 Å². The van der Waals surface area contributed by atoms with E-state index in [9.17, 15) is 0 Å². The molecule has 0 radical (unpaired) electrons. The van der Waals surface area contributed by atoms with E-state index in [1.807, 2.05) is 0 Å². The molecule has 1 rings (SSSR count). The average molecular weight is 531 g/mol. The third kappa shape index (κ3) is 13.2. The van der Waals surface area contributed by atoms with Gasteiger partial charge in [0.05, 0.1) is 0 Å². The number of benzene rings is 1. The van der Waals surface area contributed by atoms with Crippen molar-refractivity contribution in [1.29, 1.82) is 0 Å². The molecular weight excluding hydrogens is 488 g/mol. The van der Waals surface area contributed by atoms with Crippen LogP contribution in [0.25, 0.3) is 0 Å². The summed E-state index contributed by atoms with van der Waals surface area (Å²) in [5.74, 6) is 0. The van der Waals surface area contributed by atoms with E-state index in [2.05, 4.69) is 77.2 Å². The maximum absolute atomic E-state index is 9.13. The lowest BCUT2D eigenvalue weighted by molar-refractivity contribution is 0.294. The number of rotatable bonds is 16. The van der Waals surface area contributed by atoms with Gasteiger partial charge in [-0.3, -0.25) is 3.53 Å². The highest BCUT2D eigenvalue weighted by Gasteiger charge is 2.28. The molecule has 0 aliphatic rings. The van der Waals surface area contributed by atoms with E-state index in [-0.39, 0.29) is 5.54 Å². The van der Waals surface area contributed by atoms with Gasteiger partial charge in [-0.1, -0.05) is 87.6 Å². The first-order valence-electron chi connectivity index (χ1n) is 11.5. The summed E-state index contributed by atoms with van der Waals surface area (Å²) < 4.78 is 3.66. The van der Waals surface area contributed by atoms with Crippen molar-refractivity contribution in [2.75, 3.05) is 0 Å². The van der Waals surface area contributed by atoms with Gasteiger partial charge in [0.1, 0.15) is 0 Å². The number of hydrogen-bond donors (Lipinski definition) is 3. The lowest BCUT2D eigenvalue weighted by Gasteiger charge is -2.33. The molecule has 0 spiro atoms. The van der Waals surface area contributed by atoms with E-state index in [1.54, 1.807) is 0 Å². The molecule has 1 unspecified atom stereocenters. The second-order valence-corrected chi connectivity index (χ2v) is 16.2. The first-order valence-corrected chi connectivity index (χ1v) is 16.2. The van der Waals surface area contributed by atoms with Crippen molar-refractivity contribution < 1.29 is 10.0 Å². The van der Waals surface area contributed by atoms with Gasteiger partial charge in [-0.2, -0.15) is 0 Å². The van der Waals surface area contributed by atoms with Gasteiger partial charge in [0.15, 0.2) is 0 Å². The highest BCUT2D eigenvalue weighted by Crippen LogP contribution is 2.30. The highest BCUT2D eigenvalue weighted by molar-refractivity contribution is 14.1. The molecule has 3 nitrogen and oxygen atoms in total. The molecule has 6 heteroatoms. The molecule has 1 aromatic rings. The third-order valence-corrected chi connectivity index (χ3v) is 8.89. The van der Waals surface area contributed by atoms with Crippen LogP contribution < -0.4 is 3.53 Å². The van der Waals surface area contributed by atoms with Crippen LogP contribution in [0.1, 0.15) is 68.9 Å². The Balaban J connectivity index is 2.52. The molecular formula is C23H43BINO2Si. The molecule has 166 valence electrons. The second-order valence-electron chi connectivity index (χ2n) is 10.1. The Labute approximate surface area is 195 Å². The quantitative estimate of drug-likeness (QED) is 0.0984. The Morgan fingerprint density at radius 1 is 0.897 bits per heavy atom. The van der Waals surface area contributed by atoms with Gasteiger partial charge in [-0.25, -0.2) is 0 Å². The molecule has 0 aliphatic carbocycles. The third-order valence-electron chi connectivity index (χ3n) is 5.89.